The van der Waals surface area contributed by atoms with Crippen molar-refractivity contribution in [3.63, 3.8) is 0 Å². The van der Waals surface area contributed by atoms with Gasteiger partial charge in [-0.05, 0) is 18.6 Å². The van der Waals surface area contributed by atoms with Crippen LogP contribution in [0.25, 0.3) is 0 Å². The number of halogens is 1. The lowest BCUT2D eigenvalue weighted by molar-refractivity contribution is -0.153. The summed E-state index contributed by atoms with van der Waals surface area (Å²) in [5.41, 5.74) is 1.34. The third-order valence-corrected chi connectivity index (χ3v) is 3.17. The Hall–Kier alpha value is -2.63. The van der Waals surface area contributed by atoms with E-state index in [0.717, 1.165) is 5.56 Å². The first-order valence-corrected chi connectivity index (χ1v) is 7.29. The average molecular weight is 316 g/mol. The van der Waals surface area contributed by atoms with E-state index in [4.69, 9.17) is 0 Å². The van der Waals surface area contributed by atoms with Crippen LogP contribution in [0.15, 0.2) is 42.7 Å². The smallest absolute Gasteiger partial charge is 0.375 e. The van der Waals surface area contributed by atoms with E-state index in [1.54, 1.807) is 6.92 Å². The molecule has 1 heterocycles. The Labute approximate surface area is 133 Å². The zero-order chi connectivity index (χ0) is 16.7. The number of alkyl halides is 1. The van der Waals surface area contributed by atoms with Crippen LogP contribution in [-0.2, 0) is 27.2 Å². The molecule has 0 fully saturated rings. The van der Waals surface area contributed by atoms with Gasteiger partial charge in [-0.25, -0.2) is 19.2 Å². The monoisotopic (exact) mass is 316 g/mol. The highest BCUT2D eigenvalue weighted by molar-refractivity contribution is 6.34. The molecule has 23 heavy (non-hydrogen) atoms. The minimum Gasteiger partial charge on any atom is -0.460 e. The number of Topliss-reactive ketones (excluding diaryl/α,β-unsaturated/α-hetero) is 1. The summed E-state index contributed by atoms with van der Waals surface area (Å²) in [6.07, 6.45) is -0.159. The molecule has 0 N–H and O–H groups in total. The van der Waals surface area contributed by atoms with Crippen LogP contribution in [0.1, 0.15) is 30.0 Å². The molecule has 0 bridgehead atoms. The standard InChI is InChI=1S/C17H17FN2O3/c1-2-23-17(22)16(21)10-13-9-15(20-11-19-13)14(18)8-12-6-4-3-5-7-12/h3-7,9,11,14H,2,8,10H2,1H3. The SMILES string of the molecule is CCOC(=O)C(=O)Cc1cc(C(F)Cc2ccccc2)ncn1. The maximum absolute atomic E-state index is 14.4. The molecule has 120 valence electrons. The molecule has 0 amide bonds. The largest absolute Gasteiger partial charge is 0.460 e. The Morgan fingerprint density at radius 1 is 1.22 bits per heavy atom. The number of ether oxygens (including phenoxy) is 1. The molecule has 1 aromatic heterocycles. The van der Waals surface area contributed by atoms with Gasteiger partial charge in [-0.3, -0.25) is 4.79 Å². The van der Waals surface area contributed by atoms with Gasteiger partial charge in [0.2, 0.25) is 5.78 Å². The zero-order valence-electron chi connectivity index (χ0n) is 12.7. The predicted octanol–water partition coefficient (Wildman–Crippen LogP) is 2.40. The van der Waals surface area contributed by atoms with Crippen LogP contribution < -0.4 is 0 Å². The van der Waals surface area contributed by atoms with Crippen molar-refractivity contribution in [3.8, 4) is 0 Å². The maximum Gasteiger partial charge on any atom is 0.375 e. The first-order chi connectivity index (χ1) is 11.1. The van der Waals surface area contributed by atoms with Gasteiger partial charge >= 0.3 is 5.97 Å². The van der Waals surface area contributed by atoms with Gasteiger partial charge < -0.3 is 4.74 Å². The molecule has 0 radical (unpaired) electrons. The van der Waals surface area contributed by atoms with Gasteiger partial charge in [0, 0.05) is 6.42 Å². The molecule has 1 atom stereocenters. The Bertz CT molecular complexity index is 677. The van der Waals surface area contributed by atoms with E-state index < -0.39 is 17.9 Å². The van der Waals surface area contributed by atoms with Gasteiger partial charge in [-0.1, -0.05) is 30.3 Å². The average Bonchev–Trinajstić information content (AvgIpc) is 2.56. The first kappa shape index (κ1) is 16.7. The molecule has 2 aromatic rings. The van der Waals surface area contributed by atoms with Crippen molar-refractivity contribution in [1.29, 1.82) is 0 Å². The number of hydrogen-bond acceptors (Lipinski definition) is 5. The highest BCUT2D eigenvalue weighted by Crippen LogP contribution is 2.20. The van der Waals surface area contributed by atoms with Crippen LogP contribution in [0.3, 0.4) is 0 Å². The van der Waals surface area contributed by atoms with Gasteiger partial charge in [0.25, 0.3) is 0 Å². The van der Waals surface area contributed by atoms with Gasteiger partial charge in [-0.2, -0.15) is 0 Å². The summed E-state index contributed by atoms with van der Waals surface area (Å²) in [7, 11) is 0. The second-order valence-electron chi connectivity index (χ2n) is 4.91. The Kier molecular flexibility index (Phi) is 5.91. The molecule has 6 heteroatoms. The van der Waals surface area contributed by atoms with Gasteiger partial charge in [0.1, 0.15) is 12.5 Å². The molecule has 2 rings (SSSR count). The summed E-state index contributed by atoms with van der Waals surface area (Å²) in [6, 6.07) is 10.6. The summed E-state index contributed by atoms with van der Waals surface area (Å²) in [5.74, 6) is -1.62. The van der Waals surface area contributed by atoms with E-state index >= 15 is 0 Å². The van der Waals surface area contributed by atoms with E-state index in [1.807, 2.05) is 30.3 Å². The molecule has 0 saturated carbocycles. The van der Waals surface area contributed by atoms with Crippen LogP contribution in [0, 0.1) is 0 Å². The molecule has 0 aliphatic carbocycles. The van der Waals surface area contributed by atoms with E-state index in [0.29, 0.717) is 5.69 Å². The summed E-state index contributed by atoms with van der Waals surface area (Å²) >= 11 is 0. The minimum absolute atomic E-state index is 0.128. The van der Waals surface area contributed by atoms with Crippen molar-refractivity contribution in [1.82, 2.24) is 9.97 Å². The third-order valence-electron chi connectivity index (χ3n) is 3.17. The Morgan fingerprint density at radius 2 is 1.96 bits per heavy atom. The molecular weight excluding hydrogens is 299 g/mol. The van der Waals surface area contributed by atoms with Crippen LogP contribution >= 0.6 is 0 Å². The lowest BCUT2D eigenvalue weighted by Crippen LogP contribution is -2.20. The Morgan fingerprint density at radius 3 is 2.65 bits per heavy atom. The van der Waals surface area contributed by atoms with Crippen LogP contribution in [0.4, 0.5) is 4.39 Å². The summed E-state index contributed by atoms with van der Waals surface area (Å²) in [5, 5.41) is 0. The fourth-order valence-corrected chi connectivity index (χ4v) is 2.06. The molecular formula is C17H17FN2O3. The van der Waals surface area contributed by atoms with E-state index in [-0.39, 0.29) is 25.1 Å². The van der Waals surface area contributed by atoms with Gasteiger partial charge in [-0.15, -0.1) is 0 Å². The zero-order valence-corrected chi connectivity index (χ0v) is 12.7. The summed E-state index contributed by atoms with van der Waals surface area (Å²) in [4.78, 5) is 30.8. The molecule has 0 aliphatic rings. The second kappa shape index (κ2) is 8.12. The number of carbonyl (C=O) groups excluding carboxylic acids is 2. The molecule has 5 nitrogen and oxygen atoms in total. The van der Waals surface area contributed by atoms with Crippen molar-refractivity contribution in [3.05, 3.63) is 59.7 Å². The molecule has 1 unspecified atom stereocenters. The van der Waals surface area contributed by atoms with Crippen molar-refractivity contribution >= 4 is 11.8 Å². The number of benzene rings is 1. The maximum atomic E-state index is 14.4. The lowest BCUT2D eigenvalue weighted by Gasteiger charge is -2.09. The summed E-state index contributed by atoms with van der Waals surface area (Å²) in [6.45, 7) is 1.74. The minimum atomic E-state index is -1.31. The number of aromatic nitrogens is 2. The Balaban J connectivity index is 2.04. The third kappa shape index (κ3) is 4.95. The highest BCUT2D eigenvalue weighted by Gasteiger charge is 2.18. The predicted molar refractivity (Wildman–Crippen MR) is 81.4 cm³/mol. The second-order valence-corrected chi connectivity index (χ2v) is 4.91. The fourth-order valence-electron chi connectivity index (χ4n) is 2.06. The first-order valence-electron chi connectivity index (χ1n) is 7.29. The molecule has 1 aromatic carbocycles. The number of ketones is 1. The normalized spacial score (nSPS) is 11.7. The van der Waals surface area contributed by atoms with Crippen LogP contribution in [0.5, 0.6) is 0 Å². The number of carbonyl (C=O) groups is 2. The number of hydrogen-bond donors (Lipinski definition) is 0. The van der Waals surface area contributed by atoms with Crippen molar-refractivity contribution in [2.75, 3.05) is 6.61 Å². The van der Waals surface area contributed by atoms with Crippen LogP contribution in [-0.4, -0.2) is 28.3 Å². The number of rotatable bonds is 7. The topological polar surface area (TPSA) is 69.2 Å². The van der Waals surface area contributed by atoms with E-state index in [2.05, 4.69) is 14.7 Å². The van der Waals surface area contributed by atoms with Crippen LogP contribution in [0.2, 0.25) is 0 Å². The van der Waals surface area contributed by atoms with Gasteiger partial charge in [0.15, 0.2) is 0 Å². The van der Waals surface area contributed by atoms with Crippen molar-refractivity contribution in [2.24, 2.45) is 0 Å². The van der Waals surface area contributed by atoms with Gasteiger partial charge in [0.05, 0.1) is 24.4 Å². The molecule has 0 saturated heterocycles. The summed E-state index contributed by atoms with van der Waals surface area (Å²) < 4.78 is 19.0. The molecule has 0 spiro atoms. The van der Waals surface area contributed by atoms with E-state index in [9.17, 15) is 14.0 Å². The molecule has 0 aliphatic heterocycles. The van der Waals surface area contributed by atoms with E-state index in [1.165, 1.54) is 12.4 Å². The highest BCUT2D eigenvalue weighted by atomic mass is 19.1. The number of nitrogens with zero attached hydrogens (tertiary/aromatic N) is 2. The quantitative estimate of drug-likeness (QED) is 0.579. The lowest BCUT2D eigenvalue weighted by atomic mass is 10.1. The number of esters is 1. The van der Waals surface area contributed by atoms with Crippen molar-refractivity contribution < 1.29 is 18.7 Å². The fraction of sp³-hybridized carbons (Fsp3) is 0.294. The van der Waals surface area contributed by atoms with Crippen molar-refractivity contribution in [2.45, 2.75) is 25.9 Å².